The molecule has 1 heterocycles. The standard InChI is InChI=1S/C20H24N2O7S/c1-11-16(20(25)28-6)12(2)21-17(11)18(23)13(3)29-19(24)14-8-7-9-15(10-14)30(26,27)22(4)5/h7-10,13,21H,1-6H3/t13-/m1/s1. The number of ether oxygens (including phenoxy) is 2. The number of nitrogens with zero attached hydrogens (tertiary/aromatic N) is 1. The Balaban J connectivity index is 2.25. The lowest BCUT2D eigenvalue weighted by molar-refractivity contribution is 0.0316. The van der Waals surface area contributed by atoms with Gasteiger partial charge in [-0.15, -0.1) is 0 Å². The van der Waals surface area contributed by atoms with Crippen molar-refractivity contribution in [2.24, 2.45) is 0 Å². The van der Waals surface area contributed by atoms with E-state index in [0.717, 1.165) is 4.31 Å². The highest BCUT2D eigenvalue weighted by Crippen LogP contribution is 2.21. The Hall–Kier alpha value is -2.98. The molecule has 0 saturated heterocycles. The zero-order valence-electron chi connectivity index (χ0n) is 17.6. The van der Waals surface area contributed by atoms with Crippen LogP contribution in [0.1, 0.15) is 49.4 Å². The van der Waals surface area contributed by atoms with E-state index in [4.69, 9.17) is 9.47 Å². The van der Waals surface area contributed by atoms with Crippen molar-refractivity contribution in [1.29, 1.82) is 0 Å². The first-order valence-electron chi connectivity index (χ1n) is 8.97. The van der Waals surface area contributed by atoms with Crippen LogP contribution in [-0.4, -0.2) is 62.7 Å². The summed E-state index contributed by atoms with van der Waals surface area (Å²) in [5, 5.41) is 0. The van der Waals surface area contributed by atoms with Gasteiger partial charge in [0.1, 0.15) is 0 Å². The molecular weight excluding hydrogens is 412 g/mol. The molecule has 0 radical (unpaired) electrons. The third-order valence-electron chi connectivity index (χ3n) is 4.57. The van der Waals surface area contributed by atoms with Gasteiger partial charge < -0.3 is 14.5 Å². The molecule has 0 aliphatic heterocycles. The molecule has 9 nitrogen and oxygen atoms in total. The minimum absolute atomic E-state index is 0.00721. The molecule has 30 heavy (non-hydrogen) atoms. The number of aromatic nitrogens is 1. The van der Waals surface area contributed by atoms with Gasteiger partial charge in [0, 0.05) is 19.8 Å². The second-order valence-corrected chi connectivity index (χ2v) is 9.00. The molecule has 0 unspecified atom stereocenters. The van der Waals surface area contributed by atoms with Gasteiger partial charge in [0.05, 0.1) is 28.8 Å². The van der Waals surface area contributed by atoms with Crippen LogP contribution in [-0.2, 0) is 19.5 Å². The fraction of sp³-hybridized carbons (Fsp3) is 0.350. The summed E-state index contributed by atoms with van der Waals surface area (Å²) in [6, 6.07) is 5.36. The van der Waals surface area contributed by atoms with Gasteiger partial charge in [0.15, 0.2) is 6.10 Å². The van der Waals surface area contributed by atoms with Crippen LogP contribution in [0.5, 0.6) is 0 Å². The molecule has 2 rings (SSSR count). The van der Waals surface area contributed by atoms with Gasteiger partial charge in [0.25, 0.3) is 0 Å². The van der Waals surface area contributed by atoms with Gasteiger partial charge in [-0.25, -0.2) is 22.3 Å². The average Bonchev–Trinajstić information content (AvgIpc) is 3.00. The summed E-state index contributed by atoms with van der Waals surface area (Å²) in [7, 11) is 0.270. The lowest BCUT2D eigenvalue weighted by Crippen LogP contribution is -2.26. The van der Waals surface area contributed by atoms with Crippen LogP contribution in [0.15, 0.2) is 29.2 Å². The SMILES string of the molecule is COC(=O)c1c(C)[nH]c(C(=O)[C@@H](C)OC(=O)c2cccc(S(=O)(=O)N(C)C)c2)c1C. The number of nitrogens with one attached hydrogen (secondary N) is 1. The predicted octanol–water partition coefficient (Wildman–Crippen LogP) is 2.10. The number of Topliss-reactive ketones (excluding diaryl/α,β-unsaturated/α-hetero) is 1. The highest BCUT2D eigenvalue weighted by atomic mass is 32.2. The van der Waals surface area contributed by atoms with Crippen LogP contribution in [0.2, 0.25) is 0 Å². The van der Waals surface area contributed by atoms with E-state index in [2.05, 4.69) is 4.98 Å². The maximum absolute atomic E-state index is 12.8. The minimum Gasteiger partial charge on any atom is -0.465 e. The Morgan fingerprint density at radius 3 is 2.30 bits per heavy atom. The summed E-state index contributed by atoms with van der Waals surface area (Å²) < 4.78 is 35.5. The van der Waals surface area contributed by atoms with E-state index in [1.807, 2.05) is 0 Å². The molecule has 0 amide bonds. The lowest BCUT2D eigenvalue weighted by Gasteiger charge is -2.14. The maximum atomic E-state index is 12.8. The smallest absolute Gasteiger partial charge is 0.339 e. The number of aromatic amines is 1. The minimum atomic E-state index is -3.73. The van der Waals surface area contributed by atoms with Crippen LogP contribution >= 0.6 is 0 Å². The van der Waals surface area contributed by atoms with Crippen LogP contribution in [0, 0.1) is 13.8 Å². The van der Waals surface area contributed by atoms with E-state index in [9.17, 15) is 22.8 Å². The van der Waals surface area contributed by atoms with Crippen LogP contribution in [0.25, 0.3) is 0 Å². The van der Waals surface area contributed by atoms with Crippen molar-refractivity contribution < 1.29 is 32.3 Å². The summed E-state index contributed by atoms with van der Waals surface area (Å²) >= 11 is 0. The molecule has 0 saturated carbocycles. The van der Waals surface area contributed by atoms with Crippen molar-refractivity contribution in [2.75, 3.05) is 21.2 Å². The molecule has 162 valence electrons. The number of benzene rings is 1. The quantitative estimate of drug-likeness (QED) is 0.521. The Bertz CT molecular complexity index is 1100. The molecule has 1 atom stereocenters. The molecule has 0 bridgehead atoms. The Morgan fingerprint density at radius 1 is 1.10 bits per heavy atom. The summed E-state index contributed by atoms with van der Waals surface area (Å²) in [6.07, 6.45) is -1.17. The second kappa shape index (κ2) is 8.80. The lowest BCUT2D eigenvalue weighted by atomic mass is 10.1. The van der Waals surface area contributed by atoms with Crippen molar-refractivity contribution in [1.82, 2.24) is 9.29 Å². The van der Waals surface area contributed by atoms with E-state index in [1.54, 1.807) is 13.8 Å². The highest BCUT2D eigenvalue weighted by Gasteiger charge is 2.28. The number of carbonyl (C=O) groups excluding carboxylic acids is 3. The fourth-order valence-corrected chi connectivity index (χ4v) is 3.83. The number of sulfonamides is 1. The van der Waals surface area contributed by atoms with Crippen LogP contribution in [0.4, 0.5) is 0 Å². The van der Waals surface area contributed by atoms with Crippen molar-refractivity contribution in [3.05, 3.63) is 52.3 Å². The van der Waals surface area contributed by atoms with E-state index < -0.39 is 33.8 Å². The van der Waals surface area contributed by atoms with Gasteiger partial charge >= 0.3 is 11.9 Å². The summed E-state index contributed by atoms with van der Waals surface area (Å²) in [6.45, 7) is 4.62. The first-order valence-corrected chi connectivity index (χ1v) is 10.4. The van der Waals surface area contributed by atoms with E-state index >= 15 is 0 Å². The molecule has 0 aliphatic carbocycles. The molecule has 1 aromatic heterocycles. The maximum Gasteiger partial charge on any atom is 0.339 e. The van der Waals surface area contributed by atoms with E-state index in [0.29, 0.717) is 11.3 Å². The largest absolute Gasteiger partial charge is 0.465 e. The molecule has 2 aromatic rings. The monoisotopic (exact) mass is 436 g/mol. The molecule has 0 aliphatic rings. The number of hydrogen-bond acceptors (Lipinski definition) is 7. The molecule has 1 N–H and O–H groups in total. The number of carbonyl (C=O) groups is 3. The third-order valence-corrected chi connectivity index (χ3v) is 6.39. The average molecular weight is 436 g/mol. The summed E-state index contributed by atoms with van der Waals surface area (Å²) in [5.41, 5.74) is 1.24. The second-order valence-electron chi connectivity index (χ2n) is 6.84. The van der Waals surface area contributed by atoms with Crippen molar-refractivity contribution in [3.8, 4) is 0 Å². The first-order chi connectivity index (χ1) is 13.9. The third kappa shape index (κ3) is 4.44. The number of ketones is 1. The molecular formula is C20H24N2O7S. The number of rotatable bonds is 7. The zero-order valence-corrected chi connectivity index (χ0v) is 18.4. The number of aryl methyl sites for hydroxylation is 1. The number of H-pyrrole nitrogens is 1. The van der Waals surface area contributed by atoms with E-state index in [1.165, 1.54) is 52.4 Å². The predicted molar refractivity (Wildman–Crippen MR) is 108 cm³/mol. The molecule has 10 heteroatoms. The molecule has 0 fully saturated rings. The van der Waals surface area contributed by atoms with Crippen molar-refractivity contribution >= 4 is 27.7 Å². The number of hydrogen-bond donors (Lipinski definition) is 1. The highest BCUT2D eigenvalue weighted by molar-refractivity contribution is 7.89. The zero-order chi connectivity index (χ0) is 22.8. The normalized spacial score (nSPS) is 12.5. The molecule has 1 aromatic carbocycles. The number of methoxy groups -OCH3 is 1. The Morgan fingerprint density at radius 2 is 1.73 bits per heavy atom. The summed E-state index contributed by atoms with van der Waals surface area (Å²) in [5.74, 6) is -1.96. The van der Waals surface area contributed by atoms with Gasteiger partial charge in [0.2, 0.25) is 15.8 Å². The van der Waals surface area contributed by atoms with Crippen LogP contribution < -0.4 is 0 Å². The molecule has 0 spiro atoms. The van der Waals surface area contributed by atoms with E-state index in [-0.39, 0.29) is 21.7 Å². The van der Waals surface area contributed by atoms with Gasteiger partial charge in [-0.2, -0.15) is 0 Å². The van der Waals surface area contributed by atoms with Crippen molar-refractivity contribution in [3.63, 3.8) is 0 Å². The first kappa shape index (κ1) is 23.3. The Labute approximate surface area is 175 Å². The fourth-order valence-electron chi connectivity index (χ4n) is 2.88. The van der Waals surface area contributed by atoms with Crippen molar-refractivity contribution in [2.45, 2.75) is 31.8 Å². The summed E-state index contributed by atoms with van der Waals surface area (Å²) in [4.78, 5) is 39.9. The topological polar surface area (TPSA) is 123 Å². The van der Waals surface area contributed by atoms with Gasteiger partial charge in [-0.3, -0.25) is 4.79 Å². The van der Waals surface area contributed by atoms with Crippen LogP contribution in [0.3, 0.4) is 0 Å². The number of esters is 2. The Kier molecular flexibility index (Phi) is 6.84. The van der Waals surface area contributed by atoms with Gasteiger partial charge in [-0.1, -0.05) is 6.07 Å². The van der Waals surface area contributed by atoms with Gasteiger partial charge in [-0.05, 0) is 44.5 Å².